The monoisotopic (exact) mass is 265 g/mol. The largest absolute Gasteiger partial charge is 0.481 e. The standard InChI is InChI=1S/C11H14F3NO3/c12-11(13,14)6-1-3-15(4-2-6)9(16)7-5-8(7)10(17)18/h6-8H,1-5H2,(H,17,18)/t7-,8-/m0/s1. The molecule has 1 saturated heterocycles. The van der Waals surface area contributed by atoms with E-state index in [1.54, 1.807) is 0 Å². The molecule has 1 aliphatic heterocycles. The molecule has 2 fully saturated rings. The van der Waals surface area contributed by atoms with Gasteiger partial charge in [0.15, 0.2) is 0 Å². The normalized spacial score (nSPS) is 29.2. The van der Waals surface area contributed by atoms with Crippen LogP contribution in [-0.2, 0) is 9.59 Å². The Morgan fingerprint density at radius 1 is 1.11 bits per heavy atom. The van der Waals surface area contributed by atoms with Crippen LogP contribution in [0.3, 0.4) is 0 Å². The average molecular weight is 265 g/mol. The minimum atomic E-state index is -4.20. The van der Waals surface area contributed by atoms with Gasteiger partial charge in [-0.2, -0.15) is 13.2 Å². The Hall–Kier alpha value is -1.27. The first kappa shape index (κ1) is 13.2. The van der Waals surface area contributed by atoms with Gasteiger partial charge in [0.25, 0.3) is 0 Å². The molecule has 0 aromatic heterocycles. The molecular weight excluding hydrogens is 251 g/mol. The number of carbonyl (C=O) groups excluding carboxylic acids is 1. The molecule has 1 amide bonds. The highest BCUT2D eigenvalue weighted by atomic mass is 19.4. The molecule has 1 N–H and O–H groups in total. The van der Waals surface area contributed by atoms with Gasteiger partial charge in [0.1, 0.15) is 0 Å². The Labute approximate surface area is 102 Å². The number of piperidine rings is 1. The fourth-order valence-electron chi connectivity index (χ4n) is 2.40. The zero-order chi connectivity index (χ0) is 13.5. The Bertz CT molecular complexity index is 361. The van der Waals surface area contributed by atoms with Crippen molar-refractivity contribution in [2.75, 3.05) is 13.1 Å². The zero-order valence-corrected chi connectivity index (χ0v) is 9.61. The van der Waals surface area contributed by atoms with E-state index in [2.05, 4.69) is 0 Å². The van der Waals surface area contributed by atoms with E-state index in [9.17, 15) is 22.8 Å². The summed E-state index contributed by atoms with van der Waals surface area (Å²) in [5.74, 6) is -3.81. The number of hydrogen-bond donors (Lipinski definition) is 1. The fraction of sp³-hybridized carbons (Fsp3) is 0.818. The SMILES string of the molecule is O=C(O)[C@H]1C[C@@H]1C(=O)N1CCC(C(F)(F)F)CC1. The summed E-state index contributed by atoms with van der Waals surface area (Å²) in [7, 11) is 0. The number of hydrogen-bond acceptors (Lipinski definition) is 2. The number of halogens is 3. The van der Waals surface area contributed by atoms with Crippen molar-refractivity contribution in [3.8, 4) is 0 Å². The van der Waals surface area contributed by atoms with Crippen LogP contribution in [0, 0.1) is 17.8 Å². The van der Waals surface area contributed by atoms with E-state index < -0.39 is 29.9 Å². The summed E-state index contributed by atoms with van der Waals surface area (Å²) in [6.07, 6.45) is -4.05. The van der Waals surface area contributed by atoms with Crippen LogP contribution in [0.15, 0.2) is 0 Å². The van der Waals surface area contributed by atoms with Crippen LogP contribution in [0.5, 0.6) is 0 Å². The van der Waals surface area contributed by atoms with E-state index in [4.69, 9.17) is 5.11 Å². The van der Waals surface area contributed by atoms with Crippen molar-refractivity contribution in [2.45, 2.75) is 25.4 Å². The molecule has 1 heterocycles. The minimum absolute atomic E-state index is 0.0752. The zero-order valence-electron chi connectivity index (χ0n) is 9.61. The third-order valence-corrected chi connectivity index (χ3v) is 3.69. The fourth-order valence-corrected chi connectivity index (χ4v) is 2.40. The number of carboxylic acid groups (broad SMARTS) is 1. The van der Waals surface area contributed by atoms with Gasteiger partial charge in [-0.05, 0) is 19.3 Å². The second-order valence-corrected chi connectivity index (χ2v) is 4.93. The summed E-state index contributed by atoms with van der Waals surface area (Å²) in [5.41, 5.74) is 0. The third kappa shape index (κ3) is 2.59. The number of amides is 1. The predicted octanol–water partition coefficient (Wildman–Crippen LogP) is 1.51. The van der Waals surface area contributed by atoms with Crippen LogP contribution in [0.4, 0.5) is 13.2 Å². The summed E-state index contributed by atoms with van der Waals surface area (Å²) < 4.78 is 37.3. The first-order chi connectivity index (χ1) is 8.30. The van der Waals surface area contributed by atoms with E-state index in [1.807, 2.05) is 0 Å². The van der Waals surface area contributed by atoms with Crippen molar-refractivity contribution < 1.29 is 27.9 Å². The topological polar surface area (TPSA) is 57.6 Å². The molecule has 0 unspecified atom stereocenters. The van der Waals surface area contributed by atoms with Crippen molar-refractivity contribution in [1.29, 1.82) is 0 Å². The van der Waals surface area contributed by atoms with Crippen molar-refractivity contribution in [3.05, 3.63) is 0 Å². The maximum Gasteiger partial charge on any atom is 0.391 e. The lowest BCUT2D eigenvalue weighted by Crippen LogP contribution is -2.43. The van der Waals surface area contributed by atoms with Crippen LogP contribution in [0.2, 0.25) is 0 Å². The van der Waals surface area contributed by atoms with E-state index in [-0.39, 0.29) is 31.8 Å². The lowest BCUT2D eigenvalue weighted by atomic mass is 9.96. The summed E-state index contributed by atoms with van der Waals surface area (Å²) in [5, 5.41) is 8.70. The van der Waals surface area contributed by atoms with E-state index in [0.717, 1.165) is 0 Å². The summed E-state index contributed by atoms with van der Waals surface area (Å²) in [4.78, 5) is 23.8. The third-order valence-electron chi connectivity index (χ3n) is 3.69. The van der Waals surface area contributed by atoms with Gasteiger partial charge in [0.2, 0.25) is 5.91 Å². The molecule has 2 atom stereocenters. The quantitative estimate of drug-likeness (QED) is 0.823. The Kier molecular flexibility index (Phi) is 3.25. The Morgan fingerprint density at radius 3 is 2.06 bits per heavy atom. The number of aliphatic carboxylic acids is 1. The van der Waals surface area contributed by atoms with E-state index in [1.165, 1.54) is 4.90 Å². The van der Waals surface area contributed by atoms with E-state index in [0.29, 0.717) is 6.42 Å². The molecule has 7 heteroatoms. The molecule has 18 heavy (non-hydrogen) atoms. The Balaban J connectivity index is 1.84. The second-order valence-electron chi connectivity index (χ2n) is 4.93. The molecule has 0 spiro atoms. The highest BCUT2D eigenvalue weighted by Gasteiger charge is 2.51. The Morgan fingerprint density at radius 2 is 1.67 bits per heavy atom. The molecule has 2 aliphatic rings. The summed E-state index contributed by atoms with van der Waals surface area (Å²) in [6.45, 7) is 0.150. The van der Waals surface area contributed by atoms with E-state index >= 15 is 0 Å². The maximum absolute atomic E-state index is 12.4. The molecule has 0 aromatic rings. The lowest BCUT2D eigenvalue weighted by Gasteiger charge is -2.33. The number of carboxylic acids is 1. The smallest absolute Gasteiger partial charge is 0.391 e. The lowest BCUT2D eigenvalue weighted by molar-refractivity contribution is -0.186. The average Bonchev–Trinajstić information content (AvgIpc) is 3.07. The summed E-state index contributed by atoms with van der Waals surface area (Å²) >= 11 is 0. The van der Waals surface area contributed by atoms with Crippen molar-refractivity contribution in [2.24, 2.45) is 17.8 Å². The first-order valence-electron chi connectivity index (χ1n) is 5.89. The molecule has 1 saturated carbocycles. The molecule has 0 aromatic carbocycles. The molecule has 4 nitrogen and oxygen atoms in total. The molecule has 2 rings (SSSR count). The molecule has 0 bridgehead atoms. The van der Waals surface area contributed by atoms with Crippen molar-refractivity contribution in [3.63, 3.8) is 0 Å². The van der Waals surface area contributed by atoms with Crippen LogP contribution < -0.4 is 0 Å². The first-order valence-corrected chi connectivity index (χ1v) is 5.89. The maximum atomic E-state index is 12.4. The number of carbonyl (C=O) groups is 2. The number of likely N-dealkylation sites (tertiary alicyclic amines) is 1. The van der Waals surface area contributed by atoms with Gasteiger partial charge < -0.3 is 10.0 Å². The van der Waals surface area contributed by atoms with Crippen molar-refractivity contribution in [1.82, 2.24) is 4.90 Å². The molecule has 0 radical (unpaired) electrons. The summed E-state index contributed by atoms with van der Waals surface area (Å²) in [6, 6.07) is 0. The molecule has 102 valence electrons. The van der Waals surface area contributed by atoms with Crippen LogP contribution in [0.25, 0.3) is 0 Å². The van der Waals surface area contributed by atoms with Gasteiger partial charge in [-0.1, -0.05) is 0 Å². The van der Waals surface area contributed by atoms with Crippen molar-refractivity contribution >= 4 is 11.9 Å². The second kappa shape index (κ2) is 4.44. The number of rotatable bonds is 2. The molecular formula is C11H14F3NO3. The van der Waals surface area contributed by atoms with Crippen LogP contribution in [-0.4, -0.2) is 41.1 Å². The molecule has 1 aliphatic carbocycles. The van der Waals surface area contributed by atoms with Gasteiger partial charge in [-0.3, -0.25) is 9.59 Å². The van der Waals surface area contributed by atoms with Gasteiger partial charge in [-0.15, -0.1) is 0 Å². The van der Waals surface area contributed by atoms with Crippen LogP contribution >= 0.6 is 0 Å². The van der Waals surface area contributed by atoms with Gasteiger partial charge in [0.05, 0.1) is 17.8 Å². The highest BCUT2D eigenvalue weighted by Crippen LogP contribution is 2.41. The van der Waals surface area contributed by atoms with Gasteiger partial charge >= 0.3 is 12.1 Å². The van der Waals surface area contributed by atoms with Gasteiger partial charge in [0, 0.05) is 13.1 Å². The predicted molar refractivity (Wildman–Crippen MR) is 54.6 cm³/mol. The highest BCUT2D eigenvalue weighted by molar-refractivity contribution is 5.89. The number of nitrogens with zero attached hydrogens (tertiary/aromatic N) is 1. The van der Waals surface area contributed by atoms with Gasteiger partial charge in [-0.25, -0.2) is 0 Å². The minimum Gasteiger partial charge on any atom is -0.481 e. The van der Waals surface area contributed by atoms with Crippen LogP contribution in [0.1, 0.15) is 19.3 Å². The number of alkyl halides is 3.